The van der Waals surface area contributed by atoms with Gasteiger partial charge in [0.05, 0.1) is 18.3 Å². The summed E-state index contributed by atoms with van der Waals surface area (Å²) in [6.45, 7) is 1.76. The normalized spacial score (nSPS) is 12.6. The first-order valence-corrected chi connectivity index (χ1v) is 5.34. The van der Waals surface area contributed by atoms with E-state index in [0.717, 1.165) is 0 Å². The third-order valence-electron chi connectivity index (χ3n) is 2.44. The van der Waals surface area contributed by atoms with Crippen molar-refractivity contribution in [1.82, 2.24) is 24.8 Å². The summed E-state index contributed by atoms with van der Waals surface area (Å²) in [6, 6.07) is 1.67. The van der Waals surface area contributed by atoms with Gasteiger partial charge in [0.15, 0.2) is 5.69 Å². The highest BCUT2D eigenvalue weighted by molar-refractivity contribution is 5.92. The Morgan fingerprint density at radius 1 is 1.56 bits per heavy atom. The van der Waals surface area contributed by atoms with Crippen molar-refractivity contribution in [3.05, 3.63) is 18.0 Å². The van der Waals surface area contributed by atoms with Gasteiger partial charge in [-0.1, -0.05) is 5.21 Å². The minimum Gasteiger partial charge on any atom is -0.476 e. The molecule has 8 nitrogen and oxygen atoms in total. The minimum atomic E-state index is -1.16. The summed E-state index contributed by atoms with van der Waals surface area (Å²) in [5, 5.41) is 29.9. The molecule has 0 bridgehead atoms. The summed E-state index contributed by atoms with van der Waals surface area (Å²) in [4.78, 5) is 11.1. The van der Waals surface area contributed by atoms with E-state index in [1.165, 1.54) is 9.36 Å². The molecule has 2 heterocycles. The van der Waals surface area contributed by atoms with Gasteiger partial charge in [0.25, 0.3) is 0 Å². The molecule has 18 heavy (non-hydrogen) atoms. The highest BCUT2D eigenvalue weighted by Gasteiger charge is 2.23. The van der Waals surface area contributed by atoms with Crippen LogP contribution in [0.15, 0.2) is 12.3 Å². The van der Waals surface area contributed by atoms with Gasteiger partial charge in [-0.15, -0.1) is 5.10 Å². The average Bonchev–Trinajstić information content (AvgIpc) is 2.83. The molecular formula is C10H13N5O3. The number of hydrogen-bond donors (Lipinski definition) is 2. The average molecular weight is 251 g/mol. The number of carboxylic acids is 1. The van der Waals surface area contributed by atoms with E-state index in [-0.39, 0.29) is 12.2 Å². The molecule has 1 unspecified atom stereocenters. The number of carbonyl (C=O) groups is 1. The number of aliphatic hydroxyl groups excluding tert-OH is 1. The van der Waals surface area contributed by atoms with Gasteiger partial charge < -0.3 is 10.2 Å². The molecule has 0 aliphatic rings. The highest BCUT2D eigenvalue weighted by Crippen LogP contribution is 2.21. The molecule has 0 saturated heterocycles. The Hall–Kier alpha value is -2.22. The number of hydrogen-bond acceptors (Lipinski definition) is 5. The van der Waals surface area contributed by atoms with Crippen LogP contribution in [0.5, 0.6) is 0 Å². The third-order valence-corrected chi connectivity index (χ3v) is 2.44. The molecule has 0 spiro atoms. The van der Waals surface area contributed by atoms with Gasteiger partial charge in [0.2, 0.25) is 0 Å². The Kier molecular flexibility index (Phi) is 3.11. The van der Waals surface area contributed by atoms with Crippen LogP contribution in [0.4, 0.5) is 0 Å². The van der Waals surface area contributed by atoms with Crippen molar-refractivity contribution in [3.63, 3.8) is 0 Å². The lowest BCUT2D eigenvalue weighted by Gasteiger charge is -2.08. The van der Waals surface area contributed by atoms with Crippen LogP contribution in [0.2, 0.25) is 0 Å². The molecule has 0 aliphatic carbocycles. The summed E-state index contributed by atoms with van der Waals surface area (Å²) in [5.74, 6) is -1.16. The standard InChI is InChI=1S/C10H13N5O3/c1-6(16)5-15-9(7-3-4-11-14(7)2)8(10(17)18)12-13-15/h3-4,6,16H,5H2,1-2H3,(H,17,18). The lowest BCUT2D eigenvalue weighted by atomic mass is 10.2. The zero-order valence-electron chi connectivity index (χ0n) is 9.98. The van der Waals surface area contributed by atoms with Crippen LogP contribution < -0.4 is 0 Å². The third kappa shape index (κ3) is 2.09. The second kappa shape index (κ2) is 4.57. The van der Waals surface area contributed by atoms with Crippen LogP contribution >= 0.6 is 0 Å². The van der Waals surface area contributed by atoms with Crippen molar-refractivity contribution < 1.29 is 15.0 Å². The summed E-state index contributed by atoms with van der Waals surface area (Å²) in [5.41, 5.74) is 0.765. The van der Waals surface area contributed by atoms with E-state index in [1.54, 1.807) is 26.2 Å². The minimum absolute atomic E-state index is 0.153. The van der Waals surface area contributed by atoms with E-state index in [4.69, 9.17) is 5.11 Å². The van der Waals surface area contributed by atoms with Gasteiger partial charge in [0, 0.05) is 13.2 Å². The number of carboxylic acid groups (broad SMARTS) is 1. The second-order valence-corrected chi connectivity index (χ2v) is 3.96. The molecule has 2 aromatic heterocycles. The molecule has 0 fully saturated rings. The van der Waals surface area contributed by atoms with Gasteiger partial charge in [-0.05, 0) is 13.0 Å². The van der Waals surface area contributed by atoms with Gasteiger partial charge in [0.1, 0.15) is 5.69 Å². The molecule has 1 atom stereocenters. The Morgan fingerprint density at radius 3 is 2.78 bits per heavy atom. The molecule has 0 amide bonds. The fraction of sp³-hybridized carbons (Fsp3) is 0.400. The SMILES string of the molecule is CC(O)Cn1nnc(C(=O)O)c1-c1ccnn1C. The molecule has 0 aliphatic heterocycles. The number of aryl methyl sites for hydroxylation is 1. The van der Waals surface area contributed by atoms with Gasteiger partial charge in [-0.25, -0.2) is 9.48 Å². The lowest BCUT2D eigenvalue weighted by Crippen LogP contribution is -2.15. The van der Waals surface area contributed by atoms with Crippen LogP contribution in [0.1, 0.15) is 17.4 Å². The van der Waals surface area contributed by atoms with Gasteiger partial charge >= 0.3 is 5.97 Å². The Bertz CT molecular complexity index is 572. The largest absolute Gasteiger partial charge is 0.476 e. The van der Waals surface area contributed by atoms with E-state index in [0.29, 0.717) is 11.4 Å². The quantitative estimate of drug-likeness (QED) is 0.776. The van der Waals surface area contributed by atoms with Crippen molar-refractivity contribution in [2.75, 3.05) is 0 Å². The van der Waals surface area contributed by atoms with Crippen molar-refractivity contribution >= 4 is 5.97 Å². The lowest BCUT2D eigenvalue weighted by molar-refractivity contribution is 0.0691. The number of aliphatic hydroxyl groups is 1. The maximum Gasteiger partial charge on any atom is 0.358 e. The second-order valence-electron chi connectivity index (χ2n) is 3.96. The van der Waals surface area contributed by atoms with E-state index in [2.05, 4.69) is 15.4 Å². The number of aromatic carboxylic acids is 1. The zero-order valence-corrected chi connectivity index (χ0v) is 9.98. The van der Waals surface area contributed by atoms with Crippen molar-refractivity contribution in [3.8, 4) is 11.4 Å². The fourth-order valence-corrected chi connectivity index (χ4v) is 1.69. The summed E-state index contributed by atoms with van der Waals surface area (Å²) in [6.07, 6.45) is 0.904. The van der Waals surface area contributed by atoms with Crippen molar-refractivity contribution in [2.45, 2.75) is 19.6 Å². The van der Waals surface area contributed by atoms with Gasteiger partial charge in [-0.3, -0.25) is 4.68 Å². The molecule has 0 radical (unpaired) electrons. The maximum absolute atomic E-state index is 11.1. The first kappa shape index (κ1) is 12.2. The summed E-state index contributed by atoms with van der Waals surface area (Å²) < 4.78 is 2.90. The van der Waals surface area contributed by atoms with Crippen LogP contribution in [-0.4, -0.2) is 47.1 Å². The predicted octanol–water partition coefficient (Wildman–Crippen LogP) is -0.242. The van der Waals surface area contributed by atoms with Crippen LogP contribution in [-0.2, 0) is 13.6 Å². The molecule has 0 aromatic carbocycles. The van der Waals surface area contributed by atoms with Crippen molar-refractivity contribution in [2.24, 2.45) is 7.05 Å². The Balaban J connectivity index is 2.57. The topological polar surface area (TPSA) is 106 Å². The smallest absolute Gasteiger partial charge is 0.358 e. The van der Waals surface area contributed by atoms with Gasteiger partial charge in [-0.2, -0.15) is 5.10 Å². The van der Waals surface area contributed by atoms with Crippen LogP contribution in [0.25, 0.3) is 11.4 Å². The van der Waals surface area contributed by atoms with E-state index >= 15 is 0 Å². The molecule has 2 N–H and O–H groups in total. The Labute approximate surface area is 102 Å². The molecule has 2 aromatic rings. The monoisotopic (exact) mass is 251 g/mol. The molecule has 0 saturated carbocycles. The highest BCUT2D eigenvalue weighted by atomic mass is 16.4. The fourth-order valence-electron chi connectivity index (χ4n) is 1.69. The first-order chi connectivity index (χ1) is 8.50. The number of nitrogens with zero attached hydrogens (tertiary/aromatic N) is 5. The van der Waals surface area contributed by atoms with E-state index < -0.39 is 12.1 Å². The first-order valence-electron chi connectivity index (χ1n) is 5.34. The number of rotatable bonds is 4. The van der Waals surface area contributed by atoms with Crippen LogP contribution in [0.3, 0.4) is 0 Å². The van der Waals surface area contributed by atoms with Crippen molar-refractivity contribution in [1.29, 1.82) is 0 Å². The molecule has 96 valence electrons. The van der Waals surface area contributed by atoms with Crippen LogP contribution in [0, 0.1) is 0 Å². The zero-order chi connectivity index (χ0) is 13.3. The molecule has 8 heteroatoms. The van der Waals surface area contributed by atoms with E-state index in [9.17, 15) is 9.90 Å². The Morgan fingerprint density at radius 2 is 2.28 bits per heavy atom. The number of aromatic nitrogens is 5. The summed E-state index contributed by atoms with van der Waals surface area (Å²) in [7, 11) is 1.70. The summed E-state index contributed by atoms with van der Waals surface area (Å²) >= 11 is 0. The maximum atomic E-state index is 11.1. The molecule has 2 rings (SSSR count). The van der Waals surface area contributed by atoms with E-state index in [1.807, 2.05) is 0 Å². The predicted molar refractivity (Wildman–Crippen MR) is 60.9 cm³/mol. The molecular weight excluding hydrogens is 238 g/mol.